The normalized spacial score (nSPS) is 31.1. The lowest BCUT2D eigenvalue weighted by atomic mass is 9.82. The van der Waals surface area contributed by atoms with Crippen molar-refractivity contribution in [2.75, 3.05) is 26.2 Å². The highest BCUT2D eigenvalue weighted by Crippen LogP contribution is 2.30. The maximum absolute atomic E-state index is 13.8. The molecular formula is C46H80N6O12. The number of ketones is 2. The van der Waals surface area contributed by atoms with E-state index in [0.717, 1.165) is 0 Å². The number of ether oxygens (including phenoxy) is 2. The van der Waals surface area contributed by atoms with Crippen LogP contribution in [0.4, 0.5) is 0 Å². The molecule has 7 N–H and O–H groups in total. The summed E-state index contributed by atoms with van der Waals surface area (Å²) in [5.41, 5.74) is -2.44. The van der Waals surface area contributed by atoms with Gasteiger partial charge in [0.15, 0.2) is 23.8 Å². The summed E-state index contributed by atoms with van der Waals surface area (Å²) in [6.07, 6.45) is -5.04. The van der Waals surface area contributed by atoms with Crippen molar-refractivity contribution < 1.29 is 58.4 Å². The van der Waals surface area contributed by atoms with E-state index >= 15 is 0 Å². The quantitative estimate of drug-likeness (QED) is 0.196. The second kappa shape index (κ2) is 22.8. The van der Waals surface area contributed by atoms with Crippen LogP contribution < -0.4 is 21.3 Å². The summed E-state index contributed by atoms with van der Waals surface area (Å²) in [7, 11) is 0. The van der Waals surface area contributed by atoms with E-state index in [1.165, 1.54) is 4.90 Å². The topological polar surface area (TPSA) is 253 Å². The van der Waals surface area contributed by atoms with Crippen LogP contribution in [0.3, 0.4) is 0 Å². The van der Waals surface area contributed by atoms with Crippen LogP contribution in [0.5, 0.6) is 0 Å². The largest absolute Gasteiger partial charge is 0.452 e. The second-order valence-electron chi connectivity index (χ2n) is 22.4. The SMILES string of the molecule is CC(C)(C)CC1NC(O)CCC(=O)C(C(C)(C)C)OC(=O)C2CCCN2C(=O)CNC(=O)C(CC(C)(C)C)OC(=O)CCC(=O)C(C(C)(C)C)NC(O)C2CCCN2C(O)CNC1=O. The van der Waals surface area contributed by atoms with E-state index in [0.29, 0.717) is 25.8 Å². The van der Waals surface area contributed by atoms with Crippen molar-refractivity contribution in [3.8, 4) is 0 Å². The van der Waals surface area contributed by atoms with Crippen molar-refractivity contribution in [1.29, 1.82) is 0 Å². The molecule has 0 bridgehead atoms. The summed E-state index contributed by atoms with van der Waals surface area (Å²) in [6.45, 7) is 21.9. The van der Waals surface area contributed by atoms with Gasteiger partial charge >= 0.3 is 11.9 Å². The number of amides is 3. The third kappa shape index (κ3) is 17.0. The highest BCUT2D eigenvalue weighted by molar-refractivity contribution is 5.92. The van der Waals surface area contributed by atoms with E-state index in [9.17, 15) is 48.9 Å². The van der Waals surface area contributed by atoms with Gasteiger partial charge in [-0.3, -0.25) is 44.3 Å². The molecular weight excluding hydrogens is 829 g/mol. The van der Waals surface area contributed by atoms with Gasteiger partial charge in [-0.1, -0.05) is 83.1 Å². The van der Waals surface area contributed by atoms with E-state index in [1.807, 2.05) is 62.3 Å². The molecule has 3 saturated heterocycles. The Labute approximate surface area is 380 Å². The predicted octanol–water partition coefficient (Wildman–Crippen LogP) is 2.05. The van der Waals surface area contributed by atoms with Crippen LogP contribution in [0.15, 0.2) is 0 Å². The van der Waals surface area contributed by atoms with E-state index in [-0.39, 0.29) is 69.2 Å². The third-order valence-electron chi connectivity index (χ3n) is 11.8. The number of hydrogen-bond donors (Lipinski definition) is 7. The van der Waals surface area contributed by atoms with Gasteiger partial charge in [0.05, 0.1) is 37.6 Å². The number of Topliss-reactive ketones (excluding diaryl/α,β-unsaturated/α-hetero) is 2. The standard InChI is InChI=1S/C46H80N6O12/c1-43(2,3)23-27-39(59)47-25-34(56)51-21-13-15-28(51)40(60)50-37(45(7,8)9)30(53)18-20-36(58)63-32(24-44(4,5)6)41(61)48-26-35(57)52-22-14-16-29(52)42(62)64-38(46(10,11)12)31(54)17-19-33(55)49-27/h27-29,32-34,37-38,40,49-50,55-56,60H,13-26H2,1-12H3,(H,47,59)(H,48,61). The molecule has 0 spiro atoms. The number of carbonyl (C=O) groups is 7. The van der Waals surface area contributed by atoms with Crippen LogP contribution in [-0.2, 0) is 43.0 Å². The van der Waals surface area contributed by atoms with E-state index < -0.39 is 113 Å². The summed E-state index contributed by atoms with van der Waals surface area (Å²) in [6, 6.07) is -3.50. The number of carbonyl (C=O) groups excluding carboxylic acids is 7. The highest BCUT2D eigenvalue weighted by atomic mass is 16.6. The average Bonchev–Trinajstić information content (AvgIpc) is 3.86. The van der Waals surface area contributed by atoms with Gasteiger partial charge in [-0.25, -0.2) is 4.79 Å². The molecule has 64 heavy (non-hydrogen) atoms. The third-order valence-corrected chi connectivity index (χ3v) is 11.8. The Bertz CT molecular complexity index is 1650. The monoisotopic (exact) mass is 909 g/mol. The van der Waals surface area contributed by atoms with Crippen molar-refractivity contribution >= 4 is 41.2 Å². The number of hydrogen-bond acceptors (Lipinski definition) is 15. The summed E-state index contributed by atoms with van der Waals surface area (Å²) in [4.78, 5) is 98.2. The van der Waals surface area contributed by atoms with Crippen molar-refractivity contribution in [1.82, 2.24) is 31.1 Å². The van der Waals surface area contributed by atoms with Crippen LogP contribution in [0.25, 0.3) is 0 Å². The maximum atomic E-state index is 13.8. The molecule has 3 heterocycles. The number of nitrogens with zero attached hydrogens (tertiary/aromatic N) is 2. The van der Waals surface area contributed by atoms with Crippen molar-refractivity contribution in [2.45, 2.75) is 202 Å². The molecule has 0 aliphatic carbocycles. The predicted molar refractivity (Wildman–Crippen MR) is 238 cm³/mol. The van der Waals surface area contributed by atoms with Crippen molar-refractivity contribution in [3.05, 3.63) is 0 Å². The van der Waals surface area contributed by atoms with Crippen LogP contribution in [0, 0.1) is 21.7 Å². The molecule has 18 heteroatoms. The molecule has 3 aliphatic heterocycles. The number of β-amino-alcohol motifs (C(OH)–C–C–N with tert-alkyl or cyclic N) is 1. The molecule has 0 aromatic rings. The lowest BCUT2D eigenvalue weighted by Crippen LogP contribution is -2.59. The molecule has 0 aromatic heterocycles. The van der Waals surface area contributed by atoms with Gasteiger partial charge in [-0.05, 0) is 61.2 Å². The first-order valence-electron chi connectivity index (χ1n) is 23.0. The van der Waals surface area contributed by atoms with Gasteiger partial charge in [0.25, 0.3) is 5.91 Å². The maximum Gasteiger partial charge on any atom is 0.329 e. The highest BCUT2D eigenvalue weighted by Gasteiger charge is 2.43. The minimum atomic E-state index is -1.31. The molecule has 0 saturated carbocycles. The molecule has 3 rings (SSSR count). The fraction of sp³-hybridized carbons (Fsp3) is 0.848. The molecule has 0 aromatic carbocycles. The fourth-order valence-electron chi connectivity index (χ4n) is 8.57. The van der Waals surface area contributed by atoms with E-state index in [1.54, 1.807) is 25.7 Å². The Morgan fingerprint density at radius 3 is 1.88 bits per heavy atom. The molecule has 9 unspecified atom stereocenters. The van der Waals surface area contributed by atoms with Gasteiger partial charge in [-0.2, -0.15) is 0 Å². The van der Waals surface area contributed by atoms with E-state index in [2.05, 4.69) is 21.3 Å². The Morgan fingerprint density at radius 1 is 0.656 bits per heavy atom. The first kappa shape index (κ1) is 54.8. The lowest BCUT2D eigenvalue weighted by molar-refractivity contribution is -0.167. The van der Waals surface area contributed by atoms with Gasteiger partial charge in [0.2, 0.25) is 11.8 Å². The van der Waals surface area contributed by atoms with Gasteiger partial charge in [0, 0.05) is 31.3 Å². The molecule has 18 nitrogen and oxygen atoms in total. The number of rotatable bonds is 2. The Balaban J connectivity index is 1.94. The number of fused-ring (bicyclic) bond motifs is 2. The first-order chi connectivity index (χ1) is 29.4. The molecule has 366 valence electrons. The zero-order valence-corrected chi connectivity index (χ0v) is 40.5. The average molecular weight is 909 g/mol. The minimum absolute atomic E-state index is 0.101. The number of esters is 2. The van der Waals surface area contributed by atoms with Gasteiger partial charge in [0.1, 0.15) is 24.7 Å². The summed E-state index contributed by atoms with van der Waals surface area (Å²) in [5.74, 6) is -4.20. The summed E-state index contributed by atoms with van der Waals surface area (Å²) in [5, 5.41) is 45.3. The van der Waals surface area contributed by atoms with Crippen LogP contribution in [0.1, 0.15) is 147 Å². The minimum Gasteiger partial charge on any atom is -0.452 e. The number of nitrogens with one attached hydrogen (secondary N) is 4. The fourth-order valence-corrected chi connectivity index (χ4v) is 8.57. The molecule has 3 aliphatic rings. The smallest absolute Gasteiger partial charge is 0.329 e. The zero-order chi connectivity index (χ0) is 48.5. The summed E-state index contributed by atoms with van der Waals surface area (Å²) < 4.78 is 11.5. The first-order valence-corrected chi connectivity index (χ1v) is 23.0. The van der Waals surface area contributed by atoms with Crippen molar-refractivity contribution in [2.24, 2.45) is 21.7 Å². The molecule has 3 fully saturated rings. The number of aliphatic hydroxyl groups excluding tert-OH is 3. The number of cyclic esters (lactones) is 2. The Kier molecular flexibility index (Phi) is 19.5. The molecule has 9 atom stereocenters. The molecule has 3 amide bonds. The van der Waals surface area contributed by atoms with Gasteiger partial charge in [-0.15, -0.1) is 0 Å². The second-order valence-corrected chi connectivity index (χ2v) is 22.4. The Hall–Kier alpha value is -3.55. The van der Waals surface area contributed by atoms with Crippen molar-refractivity contribution in [3.63, 3.8) is 0 Å². The van der Waals surface area contributed by atoms with Crippen LogP contribution in [-0.4, -0.2) is 148 Å². The Morgan fingerprint density at radius 2 is 1.28 bits per heavy atom. The zero-order valence-electron chi connectivity index (χ0n) is 40.5. The van der Waals surface area contributed by atoms with Gasteiger partial charge < -0.3 is 40.3 Å². The molecule has 0 radical (unpaired) electrons. The number of aliphatic hydroxyl groups is 3. The summed E-state index contributed by atoms with van der Waals surface area (Å²) >= 11 is 0. The van der Waals surface area contributed by atoms with Crippen LogP contribution >= 0.6 is 0 Å². The van der Waals surface area contributed by atoms with Crippen LogP contribution in [0.2, 0.25) is 0 Å². The lowest BCUT2D eigenvalue weighted by Gasteiger charge is -2.38. The van der Waals surface area contributed by atoms with E-state index in [4.69, 9.17) is 9.47 Å².